The van der Waals surface area contributed by atoms with Crippen molar-refractivity contribution in [3.05, 3.63) is 33.1 Å². The maximum absolute atomic E-state index is 11.5. The molecule has 0 unspecified atom stereocenters. The summed E-state index contributed by atoms with van der Waals surface area (Å²) in [6, 6.07) is 1.31. The van der Waals surface area contributed by atoms with Crippen molar-refractivity contribution in [2.75, 3.05) is 20.8 Å². The molecule has 1 aliphatic rings. The van der Waals surface area contributed by atoms with Crippen LogP contribution in [0, 0.1) is 0 Å². The molecule has 0 bridgehead atoms. The second-order valence-electron chi connectivity index (χ2n) is 3.76. The van der Waals surface area contributed by atoms with Gasteiger partial charge >= 0.3 is 5.69 Å². The maximum Gasteiger partial charge on any atom is 0.330 e. The Morgan fingerprint density at radius 1 is 1.50 bits per heavy atom. The van der Waals surface area contributed by atoms with E-state index in [0.29, 0.717) is 6.61 Å². The second-order valence-corrected chi connectivity index (χ2v) is 3.76. The first kappa shape index (κ1) is 14.6. The number of aromatic nitrogens is 2. The monoisotopic (exact) mass is 258 g/mol. The van der Waals surface area contributed by atoms with Crippen LogP contribution in [0.25, 0.3) is 0 Å². The van der Waals surface area contributed by atoms with E-state index in [9.17, 15) is 9.59 Å². The Hall–Kier alpha value is -1.44. The number of nitrogens with one attached hydrogen (secondary N) is 1. The first-order valence-corrected chi connectivity index (χ1v) is 5.61. The van der Waals surface area contributed by atoms with Gasteiger partial charge in [-0.2, -0.15) is 0 Å². The van der Waals surface area contributed by atoms with Gasteiger partial charge in [0, 0.05) is 26.5 Å². The first-order chi connectivity index (χ1) is 8.70. The fourth-order valence-corrected chi connectivity index (χ4v) is 1.85. The topological polar surface area (TPSA) is 93.5 Å². The van der Waals surface area contributed by atoms with E-state index in [4.69, 9.17) is 14.6 Å². The van der Waals surface area contributed by atoms with Crippen molar-refractivity contribution < 1.29 is 14.6 Å². The molecule has 0 amide bonds. The number of hydrogen-bond donors (Lipinski definition) is 2. The minimum Gasteiger partial charge on any atom is -0.400 e. The summed E-state index contributed by atoms with van der Waals surface area (Å²) < 4.78 is 12.0. The van der Waals surface area contributed by atoms with Crippen LogP contribution in [0.4, 0.5) is 0 Å². The molecule has 2 rings (SSSR count). The number of ether oxygens (including phenoxy) is 2. The summed E-state index contributed by atoms with van der Waals surface area (Å²) in [5, 5.41) is 7.00. The fourth-order valence-electron chi connectivity index (χ4n) is 1.85. The molecule has 2 heterocycles. The van der Waals surface area contributed by atoms with Gasteiger partial charge in [0.05, 0.1) is 12.7 Å². The predicted octanol–water partition coefficient (Wildman–Crippen LogP) is -0.531. The van der Waals surface area contributed by atoms with E-state index in [1.807, 2.05) is 0 Å². The van der Waals surface area contributed by atoms with Gasteiger partial charge in [-0.05, 0) is 12.8 Å². The molecule has 0 aliphatic carbocycles. The summed E-state index contributed by atoms with van der Waals surface area (Å²) in [6.45, 7) is 0.522. The zero-order chi connectivity index (χ0) is 13.5. The molecular formula is C11H18N2O5. The van der Waals surface area contributed by atoms with E-state index in [0.717, 1.165) is 20.0 Å². The number of nitrogens with zero attached hydrogens (tertiary/aromatic N) is 1. The van der Waals surface area contributed by atoms with Crippen LogP contribution in [0.1, 0.15) is 19.1 Å². The third-order valence-corrected chi connectivity index (χ3v) is 2.60. The molecule has 2 atom stereocenters. The number of H-pyrrole nitrogens is 1. The van der Waals surface area contributed by atoms with Crippen LogP contribution in [0.5, 0.6) is 0 Å². The van der Waals surface area contributed by atoms with Crippen molar-refractivity contribution in [3.63, 3.8) is 0 Å². The lowest BCUT2D eigenvalue weighted by Gasteiger charge is -2.14. The molecule has 1 aromatic rings. The average molecular weight is 258 g/mol. The Bertz CT molecular complexity index is 467. The van der Waals surface area contributed by atoms with Crippen LogP contribution in [0.2, 0.25) is 0 Å². The minimum absolute atomic E-state index is 0.0221. The van der Waals surface area contributed by atoms with E-state index in [1.54, 1.807) is 7.11 Å². The quantitative estimate of drug-likeness (QED) is 0.760. The second kappa shape index (κ2) is 7.10. The summed E-state index contributed by atoms with van der Waals surface area (Å²) in [5.41, 5.74) is -0.830. The van der Waals surface area contributed by atoms with Crippen LogP contribution < -0.4 is 11.2 Å². The Balaban J connectivity index is 0.000000771. The van der Waals surface area contributed by atoms with Gasteiger partial charge in [-0.15, -0.1) is 0 Å². The summed E-state index contributed by atoms with van der Waals surface area (Å²) in [5.74, 6) is 0. The molecule has 0 saturated carbocycles. The summed E-state index contributed by atoms with van der Waals surface area (Å²) >= 11 is 0. The van der Waals surface area contributed by atoms with E-state index in [1.165, 1.54) is 16.8 Å². The summed E-state index contributed by atoms with van der Waals surface area (Å²) in [6.07, 6.45) is 2.78. The van der Waals surface area contributed by atoms with E-state index in [-0.39, 0.29) is 12.3 Å². The van der Waals surface area contributed by atoms with Crippen molar-refractivity contribution in [1.82, 2.24) is 9.55 Å². The van der Waals surface area contributed by atoms with Gasteiger partial charge in [0.1, 0.15) is 6.23 Å². The molecule has 18 heavy (non-hydrogen) atoms. The number of hydrogen-bond acceptors (Lipinski definition) is 5. The molecule has 7 nitrogen and oxygen atoms in total. The van der Waals surface area contributed by atoms with Gasteiger partial charge in [0.25, 0.3) is 5.56 Å². The fraction of sp³-hybridized carbons (Fsp3) is 0.636. The normalized spacial score (nSPS) is 22.4. The molecular weight excluding hydrogens is 240 g/mol. The smallest absolute Gasteiger partial charge is 0.330 e. The highest BCUT2D eigenvalue weighted by atomic mass is 16.5. The van der Waals surface area contributed by atoms with Crippen molar-refractivity contribution in [3.8, 4) is 0 Å². The van der Waals surface area contributed by atoms with E-state index >= 15 is 0 Å². The Labute approximate surface area is 104 Å². The van der Waals surface area contributed by atoms with Gasteiger partial charge in [-0.3, -0.25) is 14.3 Å². The number of aromatic amines is 1. The molecule has 1 aromatic heterocycles. The molecule has 0 aromatic carbocycles. The van der Waals surface area contributed by atoms with Crippen LogP contribution in [0.15, 0.2) is 21.9 Å². The number of aliphatic hydroxyl groups is 1. The lowest BCUT2D eigenvalue weighted by atomic mass is 10.2. The molecule has 102 valence electrons. The molecule has 1 saturated heterocycles. The van der Waals surface area contributed by atoms with Gasteiger partial charge in [-0.1, -0.05) is 0 Å². The van der Waals surface area contributed by atoms with Gasteiger partial charge in [-0.25, -0.2) is 4.79 Å². The summed E-state index contributed by atoms with van der Waals surface area (Å²) in [7, 11) is 2.61. The number of methoxy groups -OCH3 is 1. The standard InChI is InChI=1S/C10H14N2O4.CH4O/c1-15-6-7-2-3-9(16-7)12-5-4-8(13)11-10(12)14;1-2/h4-5,7,9H,2-3,6H2,1H3,(H,11,13,14);2H,1H3/t7-,9+;/m0./s1. The molecule has 7 heteroatoms. The molecule has 1 aliphatic heterocycles. The number of aliphatic hydroxyl groups excluding tert-OH is 1. The zero-order valence-corrected chi connectivity index (χ0v) is 10.5. The highest BCUT2D eigenvalue weighted by molar-refractivity contribution is 4.85. The highest BCUT2D eigenvalue weighted by Gasteiger charge is 2.26. The van der Waals surface area contributed by atoms with E-state index in [2.05, 4.69) is 4.98 Å². The first-order valence-electron chi connectivity index (χ1n) is 5.61. The van der Waals surface area contributed by atoms with Gasteiger partial charge in [0.2, 0.25) is 0 Å². The maximum atomic E-state index is 11.5. The number of rotatable bonds is 3. The average Bonchev–Trinajstić information content (AvgIpc) is 2.80. The van der Waals surface area contributed by atoms with Gasteiger partial charge < -0.3 is 14.6 Å². The molecule has 1 fully saturated rings. The SMILES string of the molecule is CO.COC[C@@H]1CC[C@H](n2ccc(=O)[nH]c2=O)O1. The Kier molecular flexibility index (Phi) is 5.76. The largest absolute Gasteiger partial charge is 0.400 e. The van der Waals surface area contributed by atoms with Crippen LogP contribution in [0.3, 0.4) is 0 Å². The Morgan fingerprint density at radius 3 is 2.83 bits per heavy atom. The van der Waals surface area contributed by atoms with Crippen molar-refractivity contribution in [2.24, 2.45) is 0 Å². The highest BCUT2D eigenvalue weighted by Crippen LogP contribution is 2.26. The lowest BCUT2D eigenvalue weighted by Crippen LogP contribution is -2.31. The van der Waals surface area contributed by atoms with Crippen LogP contribution in [-0.4, -0.2) is 41.6 Å². The van der Waals surface area contributed by atoms with Crippen molar-refractivity contribution in [2.45, 2.75) is 25.2 Å². The van der Waals surface area contributed by atoms with Crippen molar-refractivity contribution in [1.29, 1.82) is 0 Å². The molecule has 2 N–H and O–H groups in total. The lowest BCUT2D eigenvalue weighted by molar-refractivity contribution is -0.0335. The Morgan fingerprint density at radius 2 is 2.22 bits per heavy atom. The van der Waals surface area contributed by atoms with Crippen molar-refractivity contribution >= 4 is 0 Å². The van der Waals surface area contributed by atoms with Crippen LogP contribution in [-0.2, 0) is 9.47 Å². The zero-order valence-electron chi connectivity index (χ0n) is 10.5. The minimum atomic E-state index is -0.435. The predicted molar refractivity (Wildman–Crippen MR) is 64.5 cm³/mol. The molecule has 0 spiro atoms. The molecule has 0 radical (unpaired) electrons. The van der Waals surface area contributed by atoms with Gasteiger partial charge in [0.15, 0.2) is 0 Å². The van der Waals surface area contributed by atoms with E-state index < -0.39 is 11.2 Å². The third kappa shape index (κ3) is 3.52. The summed E-state index contributed by atoms with van der Waals surface area (Å²) in [4.78, 5) is 24.6. The third-order valence-electron chi connectivity index (χ3n) is 2.60. The van der Waals surface area contributed by atoms with Crippen LogP contribution >= 0.6 is 0 Å².